The lowest BCUT2D eigenvalue weighted by Crippen LogP contribution is -2.61. The summed E-state index contributed by atoms with van der Waals surface area (Å²) in [5.41, 5.74) is 1.86. The predicted molar refractivity (Wildman–Crippen MR) is 145 cm³/mol. The van der Waals surface area contributed by atoms with Crippen LogP contribution in [0.3, 0.4) is 0 Å². The van der Waals surface area contributed by atoms with Gasteiger partial charge >= 0.3 is 0 Å². The molecule has 0 bridgehead atoms. The molecular weight excluding hydrogens is 502 g/mol. The van der Waals surface area contributed by atoms with Crippen LogP contribution in [0.4, 0.5) is 0 Å². The normalized spacial score (nSPS) is 19.5. The third-order valence-electron chi connectivity index (χ3n) is 7.89. The van der Waals surface area contributed by atoms with Crippen LogP contribution in [0, 0.1) is 0 Å². The number of ether oxygens (including phenoxy) is 1. The lowest BCUT2D eigenvalue weighted by Gasteiger charge is -2.45. The number of methoxy groups -OCH3 is 1. The molecule has 9 heteroatoms. The highest BCUT2D eigenvalue weighted by Gasteiger charge is 2.52. The summed E-state index contributed by atoms with van der Waals surface area (Å²) in [6.07, 6.45) is 2.05. The van der Waals surface area contributed by atoms with Crippen molar-refractivity contribution in [1.29, 1.82) is 0 Å². The van der Waals surface area contributed by atoms with Crippen molar-refractivity contribution in [1.82, 2.24) is 15.1 Å². The van der Waals surface area contributed by atoms with Gasteiger partial charge in [0.1, 0.15) is 5.75 Å². The zero-order valence-electron chi connectivity index (χ0n) is 21.3. The van der Waals surface area contributed by atoms with E-state index in [4.69, 9.17) is 4.74 Å². The molecule has 0 radical (unpaired) electrons. The number of para-hydroxylation sites is 1. The van der Waals surface area contributed by atoms with E-state index in [-0.39, 0.29) is 5.56 Å². The van der Waals surface area contributed by atoms with Crippen molar-refractivity contribution in [3.63, 3.8) is 0 Å². The van der Waals surface area contributed by atoms with Gasteiger partial charge in [-0.1, -0.05) is 71.2 Å². The summed E-state index contributed by atoms with van der Waals surface area (Å²) in [5, 5.41) is 16.2. The Morgan fingerprint density at radius 2 is 1.68 bits per heavy atom. The second kappa shape index (κ2) is 10.9. The number of benzene rings is 3. The second-order valence-corrected chi connectivity index (χ2v) is 11.8. The minimum absolute atomic E-state index is 0.225. The number of rotatable bonds is 8. The minimum atomic E-state index is -4.47. The highest BCUT2D eigenvalue weighted by atomic mass is 32.2. The molecule has 2 unspecified atom stereocenters. The number of nitrogens with zero attached hydrogens (tertiary/aromatic N) is 1. The molecule has 5 rings (SSSR count). The molecule has 1 aliphatic heterocycles. The first-order chi connectivity index (χ1) is 18.4. The van der Waals surface area contributed by atoms with Gasteiger partial charge in [-0.2, -0.15) is 0 Å². The highest BCUT2D eigenvalue weighted by Crippen LogP contribution is 2.43. The molecule has 0 aromatic heterocycles. The van der Waals surface area contributed by atoms with E-state index in [9.17, 15) is 18.4 Å². The number of hydrogen-bond donors (Lipinski definition) is 3. The van der Waals surface area contributed by atoms with Crippen molar-refractivity contribution < 1.29 is 23.2 Å². The van der Waals surface area contributed by atoms with Crippen LogP contribution in [0.25, 0.3) is 0 Å². The Morgan fingerprint density at radius 3 is 2.42 bits per heavy atom. The third-order valence-corrected chi connectivity index (χ3v) is 9.83. The Labute approximate surface area is 223 Å². The molecule has 3 aromatic rings. The van der Waals surface area contributed by atoms with Gasteiger partial charge in [-0.15, -0.1) is 0 Å². The predicted octanol–water partition coefficient (Wildman–Crippen LogP) is 3.78. The number of fused-ring (bicyclic) bond motifs is 1. The summed E-state index contributed by atoms with van der Waals surface area (Å²) < 4.78 is 34.7. The van der Waals surface area contributed by atoms with Gasteiger partial charge in [0, 0.05) is 5.41 Å². The standard InChI is InChI=1S/C29H33N3O5S/c1-37-26-14-8-7-13-24(26)27(33)31-28(29(17-19-30-20-18-29)22-10-3-2-4-11-22)38(35,36)32(34)25-16-15-21-9-5-6-12-23(21)25/h2-14,25,28,30,34H,15-20H2,1H3,(H,31,33). The zero-order valence-corrected chi connectivity index (χ0v) is 22.2. The molecule has 0 saturated carbocycles. The summed E-state index contributed by atoms with van der Waals surface area (Å²) >= 11 is 0. The number of carbonyl (C=O) groups is 1. The number of hydrogen-bond acceptors (Lipinski definition) is 6. The molecule has 2 atom stereocenters. The lowest BCUT2D eigenvalue weighted by atomic mass is 9.72. The maximum Gasteiger partial charge on any atom is 0.258 e. The van der Waals surface area contributed by atoms with E-state index in [1.165, 1.54) is 7.11 Å². The molecule has 200 valence electrons. The Morgan fingerprint density at radius 1 is 1.03 bits per heavy atom. The molecule has 3 N–H and O–H groups in total. The molecule has 38 heavy (non-hydrogen) atoms. The van der Waals surface area contributed by atoms with Gasteiger partial charge in [-0.05, 0) is 67.6 Å². The first-order valence-electron chi connectivity index (χ1n) is 12.9. The van der Waals surface area contributed by atoms with E-state index in [1.54, 1.807) is 24.3 Å². The first kappa shape index (κ1) is 26.4. The molecule has 2 aliphatic rings. The third kappa shape index (κ3) is 4.71. The average Bonchev–Trinajstić information content (AvgIpc) is 3.40. The van der Waals surface area contributed by atoms with Crippen LogP contribution in [0.1, 0.15) is 52.4 Å². The van der Waals surface area contributed by atoms with Crippen LogP contribution < -0.4 is 15.4 Å². The molecule has 1 amide bonds. The summed E-state index contributed by atoms with van der Waals surface area (Å²) in [6.45, 7) is 1.15. The van der Waals surface area contributed by atoms with Crippen LogP contribution in [0.2, 0.25) is 0 Å². The molecule has 1 fully saturated rings. The van der Waals surface area contributed by atoms with Crippen LogP contribution in [-0.2, 0) is 21.9 Å². The number of carbonyl (C=O) groups excluding carboxylic acids is 1. The average molecular weight is 536 g/mol. The Balaban J connectivity index is 1.61. The molecule has 0 spiro atoms. The maximum absolute atomic E-state index is 14.4. The second-order valence-electron chi connectivity index (χ2n) is 9.90. The van der Waals surface area contributed by atoms with E-state index < -0.39 is 32.8 Å². The summed E-state index contributed by atoms with van der Waals surface area (Å²) in [4.78, 5) is 13.7. The molecule has 1 aliphatic carbocycles. The number of sulfonamides is 1. The van der Waals surface area contributed by atoms with Gasteiger partial charge in [-0.25, -0.2) is 8.42 Å². The largest absolute Gasteiger partial charge is 0.496 e. The zero-order chi connectivity index (χ0) is 26.8. The highest BCUT2D eigenvalue weighted by molar-refractivity contribution is 7.89. The van der Waals surface area contributed by atoms with Gasteiger partial charge in [0.2, 0.25) is 0 Å². The van der Waals surface area contributed by atoms with Crippen molar-refractivity contribution >= 4 is 15.9 Å². The van der Waals surface area contributed by atoms with E-state index in [0.29, 0.717) is 49.0 Å². The van der Waals surface area contributed by atoms with Crippen molar-refractivity contribution in [3.8, 4) is 5.75 Å². The molecule has 3 aromatic carbocycles. The van der Waals surface area contributed by atoms with Crippen molar-refractivity contribution in [2.75, 3.05) is 20.2 Å². The van der Waals surface area contributed by atoms with Crippen molar-refractivity contribution in [2.24, 2.45) is 0 Å². The number of piperidine rings is 1. The van der Waals surface area contributed by atoms with E-state index in [1.807, 2.05) is 54.6 Å². The molecule has 1 saturated heterocycles. The van der Waals surface area contributed by atoms with Crippen LogP contribution in [0.5, 0.6) is 5.75 Å². The summed E-state index contributed by atoms with van der Waals surface area (Å²) in [7, 11) is -3.00. The number of amides is 1. The Bertz CT molecular complexity index is 1390. The Hall–Kier alpha value is -3.24. The SMILES string of the molecule is COc1ccccc1C(=O)NC(C1(c2ccccc2)CCNCC1)S(=O)(=O)N(O)C1CCc2ccccc21. The lowest BCUT2D eigenvalue weighted by molar-refractivity contribution is -0.0392. The molecular formula is C29H33N3O5S. The van der Waals surface area contributed by atoms with E-state index >= 15 is 0 Å². The van der Waals surface area contributed by atoms with Gasteiger partial charge < -0.3 is 15.4 Å². The first-order valence-corrected chi connectivity index (χ1v) is 14.4. The maximum atomic E-state index is 14.4. The van der Waals surface area contributed by atoms with Gasteiger partial charge in [0.05, 0.1) is 18.7 Å². The number of hydroxylamine groups is 1. The van der Waals surface area contributed by atoms with Gasteiger partial charge in [-0.3, -0.25) is 10.0 Å². The van der Waals surface area contributed by atoms with Gasteiger partial charge in [0.25, 0.3) is 15.9 Å². The van der Waals surface area contributed by atoms with Crippen molar-refractivity contribution in [2.45, 2.75) is 42.5 Å². The number of nitrogens with one attached hydrogen (secondary N) is 2. The fourth-order valence-electron chi connectivity index (χ4n) is 5.92. The van der Waals surface area contributed by atoms with Crippen LogP contribution >= 0.6 is 0 Å². The Kier molecular flexibility index (Phi) is 7.54. The molecule has 8 nitrogen and oxygen atoms in total. The van der Waals surface area contributed by atoms with E-state index in [0.717, 1.165) is 16.7 Å². The fourth-order valence-corrected chi connectivity index (χ4v) is 7.91. The fraction of sp³-hybridized carbons (Fsp3) is 0.345. The van der Waals surface area contributed by atoms with Crippen LogP contribution in [-0.4, -0.2) is 49.6 Å². The minimum Gasteiger partial charge on any atom is -0.496 e. The van der Waals surface area contributed by atoms with Gasteiger partial charge in [0.15, 0.2) is 5.37 Å². The monoisotopic (exact) mass is 535 g/mol. The summed E-state index contributed by atoms with van der Waals surface area (Å²) in [5.74, 6) is -0.240. The topological polar surface area (TPSA) is 108 Å². The summed E-state index contributed by atoms with van der Waals surface area (Å²) in [6, 6.07) is 22.9. The number of aryl methyl sites for hydroxylation is 1. The van der Waals surface area contributed by atoms with E-state index in [2.05, 4.69) is 10.6 Å². The van der Waals surface area contributed by atoms with Crippen molar-refractivity contribution in [3.05, 3.63) is 101 Å². The molecule has 1 heterocycles. The smallest absolute Gasteiger partial charge is 0.258 e. The quantitative estimate of drug-likeness (QED) is 0.379. The van der Waals surface area contributed by atoms with Crippen LogP contribution in [0.15, 0.2) is 78.9 Å².